The van der Waals surface area contributed by atoms with E-state index in [1.165, 1.54) is 7.11 Å². The normalized spacial score (nSPS) is 16.4. The van der Waals surface area contributed by atoms with E-state index in [9.17, 15) is 9.59 Å². The average Bonchev–Trinajstić information content (AvgIpc) is 3.02. The van der Waals surface area contributed by atoms with Crippen molar-refractivity contribution in [3.8, 4) is 11.5 Å². The molecule has 144 valence electrons. The lowest BCUT2D eigenvalue weighted by Gasteiger charge is -2.10. The van der Waals surface area contributed by atoms with E-state index in [-0.39, 0.29) is 11.1 Å². The van der Waals surface area contributed by atoms with Gasteiger partial charge in [-0.25, -0.2) is 0 Å². The van der Waals surface area contributed by atoms with Crippen molar-refractivity contribution in [1.82, 2.24) is 5.32 Å². The van der Waals surface area contributed by atoms with Gasteiger partial charge in [0.05, 0.1) is 19.1 Å². The predicted octanol–water partition coefficient (Wildman–Crippen LogP) is 4.52. The van der Waals surface area contributed by atoms with Crippen molar-refractivity contribution in [2.45, 2.75) is 0 Å². The van der Waals surface area contributed by atoms with E-state index in [1.807, 2.05) is 0 Å². The van der Waals surface area contributed by atoms with Crippen molar-refractivity contribution in [1.29, 1.82) is 0 Å². The Morgan fingerprint density at radius 1 is 1.18 bits per heavy atom. The van der Waals surface area contributed by atoms with Crippen LogP contribution in [0, 0.1) is 0 Å². The maximum atomic E-state index is 12.3. The molecule has 0 aromatic heterocycles. The zero-order valence-corrected chi connectivity index (χ0v) is 17.9. The molecule has 6 nitrogen and oxygen atoms in total. The molecule has 9 heteroatoms. The first kappa shape index (κ1) is 20.4. The molecule has 1 fully saturated rings. The summed E-state index contributed by atoms with van der Waals surface area (Å²) in [6.07, 6.45) is 1.68. The first-order chi connectivity index (χ1) is 13.4. The number of nitrogens with zero attached hydrogens (tertiary/aromatic N) is 1. The second-order valence-electron chi connectivity index (χ2n) is 5.52. The van der Waals surface area contributed by atoms with Crippen LogP contribution in [0.1, 0.15) is 15.9 Å². The number of methoxy groups -OCH3 is 2. The van der Waals surface area contributed by atoms with Gasteiger partial charge in [0, 0.05) is 15.1 Å². The van der Waals surface area contributed by atoms with Crippen LogP contribution in [-0.2, 0) is 4.79 Å². The Balaban J connectivity index is 1.84. The molecule has 0 radical (unpaired) electrons. The van der Waals surface area contributed by atoms with Crippen molar-refractivity contribution in [2.75, 3.05) is 14.2 Å². The van der Waals surface area contributed by atoms with Gasteiger partial charge in [-0.3, -0.25) is 9.59 Å². The quantitative estimate of drug-likeness (QED) is 0.650. The highest BCUT2D eigenvalue weighted by Crippen LogP contribution is 2.36. The van der Waals surface area contributed by atoms with E-state index < -0.39 is 5.91 Å². The van der Waals surface area contributed by atoms with E-state index in [2.05, 4.69) is 26.2 Å². The van der Waals surface area contributed by atoms with Crippen molar-refractivity contribution in [3.63, 3.8) is 0 Å². The summed E-state index contributed by atoms with van der Waals surface area (Å²) in [4.78, 5) is 28.9. The number of amidine groups is 1. The second-order valence-corrected chi connectivity index (χ2v) is 7.84. The van der Waals surface area contributed by atoms with Gasteiger partial charge in [0.25, 0.3) is 11.8 Å². The zero-order valence-electron chi connectivity index (χ0n) is 14.8. The van der Waals surface area contributed by atoms with Gasteiger partial charge in [0.15, 0.2) is 16.7 Å². The number of nitrogens with one attached hydrogen (secondary N) is 1. The molecular weight excluding hydrogens is 468 g/mol. The second kappa shape index (κ2) is 8.81. The van der Waals surface area contributed by atoms with Crippen LogP contribution in [0.5, 0.6) is 11.5 Å². The summed E-state index contributed by atoms with van der Waals surface area (Å²) in [5.41, 5.74) is 1.10. The van der Waals surface area contributed by atoms with Crippen LogP contribution in [0.15, 0.2) is 50.8 Å². The Morgan fingerprint density at radius 2 is 1.82 bits per heavy atom. The zero-order chi connectivity index (χ0) is 20.3. The number of carbonyl (C=O) groups excluding carboxylic acids is 2. The fraction of sp³-hybridized carbons (Fsp3) is 0.105. The van der Waals surface area contributed by atoms with Crippen molar-refractivity contribution >= 4 is 62.4 Å². The smallest absolute Gasteiger partial charge is 0.279 e. The van der Waals surface area contributed by atoms with Gasteiger partial charge < -0.3 is 14.8 Å². The molecule has 1 N–H and O–H groups in total. The van der Waals surface area contributed by atoms with E-state index in [0.717, 1.165) is 21.8 Å². The van der Waals surface area contributed by atoms with Gasteiger partial charge >= 0.3 is 0 Å². The summed E-state index contributed by atoms with van der Waals surface area (Å²) in [5, 5.41) is 3.34. The Labute approximate surface area is 179 Å². The molecule has 0 spiro atoms. The summed E-state index contributed by atoms with van der Waals surface area (Å²) >= 11 is 10.4. The van der Waals surface area contributed by atoms with Crippen molar-refractivity contribution < 1.29 is 19.1 Å². The molecule has 0 atom stereocenters. The third-order valence-electron chi connectivity index (χ3n) is 3.73. The Morgan fingerprint density at radius 3 is 2.46 bits per heavy atom. The van der Waals surface area contributed by atoms with Gasteiger partial charge in [0.1, 0.15) is 0 Å². The van der Waals surface area contributed by atoms with Crippen LogP contribution in [0.25, 0.3) is 6.08 Å². The number of carbonyl (C=O) groups is 2. The van der Waals surface area contributed by atoms with Crippen LogP contribution in [0.2, 0.25) is 5.02 Å². The third-order valence-corrected chi connectivity index (χ3v) is 5.58. The topological polar surface area (TPSA) is 77.0 Å². The number of amides is 2. The minimum absolute atomic E-state index is 0.216. The van der Waals surface area contributed by atoms with Crippen molar-refractivity contribution in [3.05, 3.63) is 61.9 Å². The van der Waals surface area contributed by atoms with Crippen LogP contribution >= 0.6 is 39.3 Å². The predicted molar refractivity (Wildman–Crippen MR) is 114 cm³/mol. The molecule has 2 amide bonds. The number of ether oxygens (including phenoxy) is 2. The Kier molecular flexibility index (Phi) is 6.43. The molecule has 0 bridgehead atoms. The number of halogens is 2. The van der Waals surface area contributed by atoms with Crippen molar-refractivity contribution in [2.24, 2.45) is 4.99 Å². The monoisotopic (exact) mass is 480 g/mol. The first-order valence-electron chi connectivity index (χ1n) is 7.92. The molecule has 1 heterocycles. The fourth-order valence-corrected chi connectivity index (χ4v) is 3.72. The van der Waals surface area contributed by atoms with E-state index >= 15 is 0 Å². The number of hydrogen-bond donors (Lipinski definition) is 1. The number of aliphatic imine (C=N–C) groups is 1. The summed E-state index contributed by atoms with van der Waals surface area (Å²) < 4.78 is 11.3. The lowest BCUT2D eigenvalue weighted by atomic mass is 10.2. The molecular formula is C19H14BrClN2O4S. The van der Waals surface area contributed by atoms with Crippen LogP contribution in [0.3, 0.4) is 0 Å². The van der Waals surface area contributed by atoms with Crippen LogP contribution in [-0.4, -0.2) is 31.2 Å². The Hall–Kier alpha value is -2.29. The van der Waals surface area contributed by atoms with Crippen LogP contribution < -0.4 is 14.8 Å². The maximum absolute atomic E-state index is 12.3. The summed E-state index contributed by atoms with van der Waals surface area (Å²) in [5.74, 6) is 0.297. The molecule has 1 saturated heterocycles. The molecule has 0 unspecified atom stereocenters. The van der Waals surface area contributed by atoms with Gasteiger partial charge in [-0.15, -0.1) is 0 Å². The summed E-state index contributed by atoms with van der Waals surface area (Å²) in [7, 11) is 3.08. The van der Waals surface area contributed by atoms with Gasteiger partial charge in [-0.05, 0) is 59.8 Å². The first-order valence-corrected chi connectivity index (χ1v) is 9.91. The van der Waals surface area contributed by atoms with Gasteiger partial charge in [0.2, 0.25) is 0 Å². The summed E-state index contributed by atoms with van der Waals surface area (Å²) in [6.45, 7) is 0. The number of thioether (sulfide) groups is 1. The fourth-order valence-electron chi connectivity index (χ4n) is 2.35. The van der Waals surface area contributed by atoms with E-state index in [0.29, 0.717) is 27.0 Å². The van der Waals surface area contributed by atoms with E-state index in [4.69, 9.17) is 21.1 Å². The van der Waals surface area contributed by atoms with Gasteiger partial charge in [-0.1, -0.05) is 27.5 Å². The summed E-state index contributed by atoms with van der Waals surface area (Å²) in [6, 6.07) is 9.87. The molecule has 2 aromatic rings. The molecule has 0 saturated carbocycles. The number of benzene rings is 2. The van der Waals surface area contributed by atoms with Gasteiger partial charge in [-0.2, -0.15) is 4.99 Å². The third kappa shape index (κ3) is 4.57. The molecule has 28 heavy (non-hydrogen) atoms. The highest BCUT2D eigenvalue weighted by molar-refractivity contribution is 9.10. The molecule has 2 aromatic carbocycles. The molecule has 1 aliphatic rings. The highest BCUT2D eigenvalue weighted by Gasteiger charge is 2.25. The largest absolute Gasteiger partial charge is 0.493 e. The van der Waals surface area contributed by atoms with Crippen LogP contribution in [0.4, 0.5) is 0 Å². The standard InChI is InChI=1S/C19H14BrClN2O4S/c1-26-14-7-11(13(20)9-15(14)27-2)8-16-18(25)23-19(28-16)22-17(24)10-3-5-12(21)6-4-10/h3-9H,1-2H3,(H,22,23,24,25)/b16-8-. The molecule has 3 rings (SSSR count). The minimum atomic E-state index is -0.465. The Bertz CT molecular complexity index is 1010. The lowest BCUT2D eigenvalue weighted by Crippen LogP contribution is -2.20. The lowest BCUT2D eigenvalue weighted by molar-refractivity contribution is -0.115. The number of rotatable bonds is 4. The van der Waals surface area contributed by atoms with E-state index in [1.54, 1.807) is 49.6 Å². The maximum Gasteiger partial charge on any atom is 0.279 e. The SMILES string of the molecule is COc1cc(Br)c(/C=C2\SC(=NC(=O)c3ccc(Cl)cc3)NC2=O)cc1OC. The molecule has 1 aliphatic heterocycles. The molecule has 0 aliphatic carbocycles. The highest BCUT2D eigenvalue weighted by atomic mass is 79.9. The minimum Gasteiger partial charge on any atom is -0.493 e. The number of hydrogen-bond acceptors (Lipinski definition) is 5. The average molecular weight is 482 g/mol.